The van der Waals surface area contributed by atoms with Gasteiger partial charge in [0.05, 0.1) is 25.4 Å². The molecule has 0 saturated carbocycles. The molecule has 1 aromatic rings. The van der Waals surface area contributed by atoms with Gasteiger partial charge in [-0.15, -0.1) is 0 Å². The molecule has 0 saturated heterocycles. The smallest absolute Gasteiger partial charge is 0.192 e. The van der Waals surface area contributed by atoms with E-state index in [-0.39, 0.29) is 33.8 Å². The van der Waals surface area contributed by atoms with Gasteiger partial charge >= 0.3 is 0 Å². The molecule has 0 bridgehead atoms. The number of carbonyl (C=O) groups is 1. The second-order valence-electron chi connectivity index (χ2n) is 14.7. The zero-order chi connectivity index (χ0) is 30.4. The van der Waals surface area contributed by atoms with Gasteiger partial charge in [-0.05, 0) is 67.3 Å². The summed E-state index contributed by atoms with van der Waals surface area (Å²) in [5, 5.41) is 0.142. The first-order valence-electron chi connectivity index (χ1n) is 14.7. The molecular formula is C32H60O5Si2. The van der Waals surface area contributed by atoms with Crippen LogP contribution in [-0.4, -0.2) is 47.8 Å². The molecular weight excluding hydrogens is 521 g/mol. The number of rotatable bonds is 15. The van der Waals surface area contributed by atoms with E-state index in [0.717, 1.165) is 11.3 Å². The number of methoxy groups -OCH3 is 1. The summed E-state index contributed by atoms with van der Waals surface area (Å²) in [7, 11) is -2.49. The predicted molar refractivity (Wildman–Crippen MR) is 170 cm³/mol. The van der Waals surface area contributed by atoms with Crippen LogP contribution in [0.2, 0.25) is 36.3 Å². The van der Waals surface area contributed by atoms with E-state index in [0.29, 0.717) is 26.1 Å². The Morgan fingerprint density at radius 3 is 1.82 bits per heavy atom. The number of ketones is 1. The van der Waals surface area contributed by atoms with Crippen LogP contribution in [0.1, 0.15) is 87.6 Å². The average Bonchev–Trinajstić information content (AvgIpc) is 2.80. The molecule has 0 aliphatic carbocycles. The molecule has 1 rings (SSSR count). The summed E-state index contributed by atoms with van der Waals surface area (Å²) < 4.78 is 26.2. The molecule has 0 aliphatic rings. The van der Waals surface area contributed by atoms with Gasteiger partial charge in [0.1, 0.15) is 11.5 Å². The Labute approximate surface area is 243 Å². The number of Topliss-reactive ketones (excluding diaryl/α,β-unsaturated/α-hetero) is 1. The van der Waals surface area contributed by atoms with Gasteiger partial charge in [0.15, 0.2) is 16.6 Å². The standard InChI is InChI=1S/C32H60O5Si2/c1-16-28(33)24(2)21-32(10,37-39(14,15)31(7,8)9)29(25(3)22-36-38(12,13)30(4,5)6)35-23-26-17-19-27(34-11)20-18-26/h17-20,24-25,29H,16,21-23H2,1-15H3/t24-,25+,29-,32-/m1/s1. The minimum absolute atomic E-state index is 0.0215. The summed E-state index contributed by atoms with van der Waals surface area (Å²) in [5.74, 6) is 1.03. The highest BCUT2D eigenvalue weighted by molar-refractivity contribution is 6.74. The first kappa shape index (κ1) is 36.0. The highest BCUT2D eigenvalue weighted by atomic mass is 28.4. The third-order valence-electron chi connectivity index (χ3n) is 9.12. The van der Waals surface area contributed by atoms with Gasteiger partial charge in [-0.3, -0.25) is 4.79 Å². The van der Waals surface area contributed by atoms with Crippen molar-refractivity contribution in [3.8, 4) is 5.75 Å². The summed E-state index contributed by atoms with van der Waals surface area (Å²) in [6.45, 7) is 32.2. The van der Waals surface area contributed by atoms with Crippen molar-refractivity contribution in [1.29, 1.82) is 0 Å². The maximum Gasteiger partial charge on any atom is 0.192 e. The Bertz CT molecular complexity index is 899. The van der Waals surface area contributed by atoms with E-state index in [9.17, 15) is 4.79 Å². The fourth-order valence-electron chi connectivity index (χ4n) is 4.52. The molecule has 1 aromatic carbocycles. The van der Waals surface area contributed by atoms with Crippen molar-refractivity contribution < 1.29 is 23.1 Å². The highest BCUT2D eigenvalue weighted by Gasteiger charge is 2.49. The van der Waals surface area contributed by atoms with Gasteiger partial charge in [-0.2, -0.15) is 0 Å². The van der Waals surface area contributed by atoms with Crippen LogP contribution in [-0.2, 0) is 25.0 Å². The molecule has 0 aromatic heterocycles. The van der Waals surface area contributed by atoms with Gasteiger partial charge in [-0.25, -0.2) is 0 Å². The van der Waals surface area contributed by atoms with Crippen LogP contribution in [0.25, 0.3) is 0 Å². The van der Waals surface area contributed by atoms with Crippen LogP contribution in [0.5, 0.6) is 5.75 Å². The van der Waals surface area contributed by atoms with Crippen LogP contribution < -0.4 is 4.74 Å². The molecule has 0 radical (unpaired) electrons. The summed E-state index contributed by atoms with van der Waals surface area (Å²) in [6, 6.07) is 8.01. The molecule has 226 valence electrons. The minimum Gasteiger partial charge on any atom is -0.497 e. The molecule has 0 amide bonds. The Hall–Kier alpha value is -0.996. The Kier molecular flexibility index (Phi) is 12.7. The van der Waals surface area contributed by atoms with Gasteiger partial charge in [-0.1, -0.05) is 74.4 Å². The van der Waals surface area contributed by atoms with Crippen molar-refractivity contribution in [1.82, 2.24) is 0 Å². The number of hydrogen-bond acceptors (Lipinski definition) is 5. The fourth-order valence-corrected chi connectivity index (χ4v) is 7.30. The Morgan fingerprint density at radius 1 is 0.872 bits per heavy atom. The van der Waals surface area contributed by atoms with E-state index in [2.05, 4.69) is 81.6 Å². The van der Waals surface area contributed by atoms with Crippen molar-refractivity contribution in [3.63, 3.8) is 0 Å². The molecule has 5 nitrogen and oxygen atoms in total. The summed E-state index contributed by atoms with van der Waals surface area (Å²) >= 11 is 0. The van der Waals surface area contributed by atoms with Crippen LogP contribution in [0.3, 0.4) is 0 Å². The molecule has 7 heteroatoms. The van der Waals surface area contributed by atoms with E-state index in [1.54, 1.807) is 7.11 Å². The number of benzene rings is 1. The van der Waals surface area contributed by atoms with E-state index in [1.165, 1.54) is 0 Å². The molecule has 0 fully saturated rings. The van der Waals surface area contributed by atoms with Crippen molar-refractivity contribution in [3.05, 3.63) is 29.8 Å². The number of hydrogen-bond donors (Lipinski definition) is 0. The molecule has 39 heavy (non-hydrogen) atoms. The lowest BCUT2D eigenvalue weighted by Crippen LogP contribution is -2.57. The Balaban J connectivity index is 3.50. The van der Waals surface area contributed by atoms with E-state index in [1.807, 2.05) is 38.1 Å². The normalized spacial score (nSPS) is 17.3. The second kappa shape index (κ2) is 13.8. The van der Waals surface area contributed by atoms with E-state index in [4.69, 9.17) is 18.3 Å². The van der Waals surface area contributed by atoms with Crippen LogP contribution in [0, 0.1) is 11.8 Å². The lowest BCUT2D eigenvalue weighted by atomic mass is 9.81. The molecule has 0 aliphatic heterocycles. The summed E-state index contributed by atoms with van der Waals surface area (Å²) in [4.78, 5) is 12.8. The van der Waals surface area contributed by atoms with Crippen molar-refractivity contribution in [2.24, 2.45) is 11.8 Å². The topological polar surface area (TPSA) is 54.0 Å². The third kappa shape index (κ3) is 10.1. The van der Waals surface area contributed by atoms with Gasteiger partial charge in [0, 0.05) is 24.9 Å². The van der Waals surface area contributed by atoms with Gasteiger partial charge in [0.25, 0.3) is 0 Å². The largest absolute Gasteiger partial charge is 0.497 e. The lowest BCUT2D eigenvalue weighted by molar-refractivity contribution is -0.141. The molecule has 0 heterocycles. The Morgan fingerprint density at radius 2 is 1.38 bits per heavy atom. The molecule has 0 spiro atoms. The third-order valence-corrected chi connectivity index (χ3v) is 18.2. The molecule has 0 unspecified atom stereocenters. The highest BCUT2D eigenvalue weighted by Crippen LogP contribution is 2.44. The fraction of sp³-hybridized carbons (Fsp3) is 0.781. The van der Waals surface area contributed by atoms with Gasteiger partial charge < -0.3 is 18.3 Å². The first-order chi connectivity index (χ1) is 17.6. The summed E-state index contributed by atoms with van der Waals surface area (Å²) in [5.41, 5.74) is 0.418. The SMILES string of the molecule is CCC(=O)[C@H](C)C[C@@](C)(O[Si](C)(C)C(C)(C)C)[C@H](OCc1ccc(OC)cc1)[C@@H](C)CO[Si](C)(C)C(C)(C)C. The quantitative estimate of drug-likeness (QED) is 0.194. The van der Waals surface area contributed by atoms with E-state index >= 15 is 0 Å². The zero-order valence-corrected chi connectivity index (χ0v) is 29.9. The van der Waals surface area contributed by atoms with Crippen LogP contribution in [0.4, 0.5) is 0 Å². The maximum absolute atomic E-state index is 12.8. The first-order valence-corrected chi connectivity index (χ1v) is 20.5. The average molecular weight is 581 g/mol. The van der Waals surface area contributed by atoms with E-state index < -0.39 is 22.2 Å². The predicted octanol–water partition coefficient (Wildman–Crippen LogP) is 9.02. The van der Waals surface area contributed by atoms with Crippen molar-refractivity contribution >= 4 is 22.4 Å². The second-order valence-corrected chi connectivity index (χ2v) is 24.3. The van der Waals surface area contributed by atoms with Crippen LogP contribution >= 0.6 is 0 Å². The summed E-state index contributed by atoms with van der Waals surface area (Å²) in [6.07, 6.45) is 0.883. The van der Waals surface area contributed by atoms with Crippen molar-refractivity contribution in [2.45, 2.75) is 137 Å². The minimum atomic E-state index is -2.21. The van der Waals surface area contributed by atoms with Crippen LogP contribution in [0.15, 0.2) is 24.3 Å². The number of ether oxygens (including phenoxy) is 2. The van der Waals surface area contributed by atoms with Gasteiger partial charge in [0.2, 0.25) is 0 Å². The molecule has 4 atom stereocenters. The maximum atomic E-state index is 12.8. The molecule has 0 N–H and O–H groups in total. The monoisotopic (exact) mass is 580 g/mol. The zero-order valence-electron chi connectivity index (χ0n) is 27.9. The lowest BCUT2D eigenvalue weighted by Gasteiger charge is -2.50. The van der Waals surface area contributed by atoms with Crippen molar-refractivity contribution in [2.75, 3.05) is 13.7 Å². The number of carbonyl (C=O) groups excluding carboxylic acids is 1.